The highest BCUT2D eigenvalue weighted by atomic mass is 35.5. The van der Waals surface area contributed by atoms with Crippen LogP contribution in [0.15, 0.2) is 21.7 Å². The van der Waals surface area contributed by atoms with E-state index in [1.54, 1.807) is 0 Å². The molecule has 96 valence electrons. The molecule has 2 rings (SSSR count). The van der Waals surface area contributed by atoms with Crippen molar-refractivity contribution in [3.63, 3.8) is 0 Å². The van der Waals surface area contributed by atoms with Gasteiger partial charge in [-0.15, -0.1) is 11.6 Å². The van der Waals surface area contributed by atoms with Gasteiger partial charge in [-0.3, -0.25) is 10.1 Å². The molecule has 0 N–H and O–H groups in total. The van der Waals surface area contributed by atoms with Crippen molar-refractivity contribution in [1.29, 1.82) is 0 Å². The molecule has 1 atom stereocenters. The Labute approximate surface area is 106 Å². The highest BCUT2D eigenvalue weighted by Gasteiger charge is 2.30. The Balaban J connectivity index is 2.02. The van der Waals surface area contributed by atoms with Crippen molar-refractivity contribution < 1.29 is 18.9 Å². The minimum absolute atomic E-state index is 0.170. The number of nitro groups is 1. The number of rotatable bonds is 4. The first-order valence-electron chi connectivity index (χ1n) is 4.92. The van der Waals surface area contributed by atoms with Crippen LogP contribution < -0.4 is 0 Å². The lowest BCUT2D eigenvalue weighted by Crippen LogP contribution is -2.19. The maximum absolute atomic E-state index is 11.3. The van der Waals surface area contributed by atoms with Crippen LogP contribution in [0, 0.1) is 10.1 Å². The van der Waals surface area contributed by atoms with Crippen molar-refractivity contribution in [1.82, 2.24) is 5.01 Å². The highest BCUT2D eigenvalue weighted by Crippen LogP contribution is 2.15. The van der Waals surface area contributed by atoms with Gasteiger partial charge in [-0.2, -0.15) is 10.1 Å². The molecule has 1 fully saturated rings. The number of amides is 1. The van der Waals surface area contributed by atoms with Crippen molar-refractivity contribution in [3.8, 4) is 0 Å². The van der Waals surface area contributed by atoms with E-state index in [0.29, 0.717) is 0 Å². The van der Waals surface area contributed by atoms with E-state index in [0.717, 1.165) is 5.01 Å². The predicted molar refractivity (Wildman–Crippen MR) is 60.7 cm³/mol. The lowest BCUT2D eigenvalue weighted by atomic mass is 10.4. The largest absolute Gasteiger partial charge is 0.442 e. The van der Waals surface area contributed by atoms with Crippen LogP contribution in [0.1, 0.15) is 5.76 Å². The molecule has 0 radical (unpaired) electrons. The number of alkyl halides is 1. The van der Waals surface area contributed by atoms with Gasteiger partial charge in [0, 0.05) is 0 Å². The second kappa shape index (κ2) is 5.05. The molecule has 1 aliphatic heterocycles. The topological polar surface area (TPSA) is 98.2 Å². The van der Waals surface area contributed by atoms with Crippen LogP contribution in [0.4, 0.5) is 10.7 Å². The minimum atomic E-state index is -0.662. The molecule has 2 heterocycles. The Kier molecular flexibility index (Phi) is 3.47. The minimum Gasteiger partial charge on any atom is -0.442 e. The van der Waals surface area contributed by atoms with E-state index in [1.807, 2.05) is 0 Å². The molecular weight excluding hydrogens is 266 g/mol. The van der Waals surface area contributed by atoms with Gasteiger partial charge in [-0.05, 0) is 6.07 Å². The zero-order chi connectivity index (χ0) is 13.1. The Hall–Kier alpha value is -2.09. The van der Waals surface area contributed by atoms with E-state index in [-0.39, 0.29) is 24.1 Å². The summed E-state index contributed by atoms with van der Waals surface area (Å²) in [4.78, 5) is 21.0. The summed E-state index contributed by atoms with van der Waals surface area (Å²) in [6.07, 6.45) is 0.186. The number of hydrogen-bond donors (Lipinski definition) is 0. The van der Waals surface area contributed by atoms with Gasteiger partial charge in [-0.25, -0.2) is 4.79 Å². The summed E-state index contributed by atoms with van der Waals surface area (Å²) in [5.41, 5.74) is 0. The number of nitrogens with zero attached hydrogens (tertiary/aromatic N) is 3. The monoisotopic (exact) mass is 273 g/mol. The summed E-state index contributed by atoms with van der Waals surface area (Å²) in [7, 11) is 0. The van der Waals surface area contributed by atoms with Crippen LogP contribution in [0.25, 0.3) is 0 Å². The lowest BCUT2D eigenvalue weighted by molar-refractivity contribution is -0.402. The molecule has 1 amide bonds. The SMILES string of the molecule is O=C1O[C@H](CCl)CN1/N=C/c1ccc([N+](=O)[O-])o1. The smallest absolute Gasteiger partial charge is 0.433 e. The van der Waals surface area contributed by atoms with E-state index >= 15 is 0 Å². The highest BCUT2D eigenvalue weighted by molar-refractivity contribution is 6.18. The van der Waals surface area contributed by atoms with Crippen LogP contribution in [-0.4, -0.2) is 40.8 Å². The van der Waals surface area contributed by atoms with Crippen LogP contribution in [0.2, 0.25) is 0 Å². The maximum Gasteiger partial charge on any atom is 0.433 e. The average Bonchev–Trinajstić information content (AvgIpc) is 2.93. The molecule has 0 aromatic carbocycles. The quantitative estimate of drug-likeness (QED) is 0.359. The molecule has 0 saturated carbocycles. The fourth-order valence-electron chi connectivity index (χ4n) is 1.32. The first-order valence-corrected chi connectivity index (χ1v) is 5.46. The Bertz CT molecular complexity index is 500. The molecule has 0 aliphatic carbocycles. The number of hydrogen-bond acceptors (Lipinski definition) is 6. The van der Waals surface area contributed by atoms with Crippen molar-refractivity contribution >= 4 is 29.8 Å². The fourth-order valence-corrected chi connectivity index (χ4v) is 1.48. The third-order valence-corrected chi connectivity index (χ3v) is 2.49. The van der Waals surface area contributed by atoms with Crippen LogP contribution in [-0.2, 0) is 4.74 Å². The van der Waals surface area contributed by atoms with E-state index in [4.69, 9.17) is 20.8 Å². The summed E-state index contributed by atoms with van der Waals surface area (Å²) < 4.78 is 9.70. The molecule has 0 spiro atoms. The summed E-state index contributed by atoms with van der Waals surface area (Å²) in [6, 6.07) is 2.58. The second-order valence-corrected chi connectivity index (χ2v) is 3.73. The molecule has 1 aromatic rings. The van der Waals surface area contributed by atoms with Crippen molar-refractivity contribution in [2.45, 2.75) is 6.10 Å². The number of furan rings is 1. The Morgan fingerprint density at radius 3 is 3.00 bits per heavy atom. The number of halogens is 1. The molecule has 1 saturated heterocycles. The van der Waals surface area contributed by atoms with Gasteiger partial charge in [0.15, 0.2) is 5.76 Å². The lowest BCUT2D eigenvalue weighted by Gasteiger charge is -2.02. The zero-order valence-electron chi connectivity index (χ0n) is 8.98. The van der Waals surface area contributed by atoms with E-state index < -0.39 is 17.1 Å². The third-order valence-electron chi connectivity index (χ3n) is 2.14. The first kappa shape index (κ1) is 12.4. The molecule has 1 aliphatic rings. The summed E-state index contributed by atoms with van der Waals surface area (Å²) in [6.45, 7) is 0.238. The molecule has 0 bridgehead atoms. The van der Waals surface area contributed by atoms with Gasteiger partial charge < -0.3 is 9.15 Å². The molecule has 18 heavy (non-hydrogen) atoms. The zero-order valence-corrected chi connectivity index (χ0v) is 9.74. The molecule has 1 aromatic heterocycles. The van der Waals surface area contributed by atoms with Gasteiger partial charge in [-0.1, -0.05) is 0 Å². The van der Waals surface area contributed by atoms with Gasteiger partial charge >= 0.3 is 12.0 Å². The number of carbonyl (C=O) groups is 1. The summed E-state index contributed by atoms with van der Waals surface area (Å²) in [5.74, 6) is -0.0350. The number of cyclic esters (lactones) is 1. The number of carbonyl (C=O) groups excluding carboxylic acids is 1. The third kappa shape index (κ3) is 2.59. The fraction of sp³-hybridized carbons (Fsp3) is 0.333. The predicted octanol–water partition coefficient (Wildman–Crippen LogP) is 1.58. The number of hydrazone groups is 1. The van der Waals surface area contributed by atoms with Crippen LogP contribution in [0.3, 0.4) is 0 Å². The van der Waals surface area contributed by atoms with Crippen LogP contribution in [0.5, 0.6) is 0 Å². The maximum atomic E-state index is 11.3. The average molecular weight is 274 g/mol. The van der Waals surface area contributed by atoms with Gasteiger partial charge in [0.25, 0.3) is 0 Å². The van der Waals surface area contributed by atoms with Gasteiger partial charge in [0.05, 0.1) is 24.7 Å². The van der Waals surface area contributed by atoms with E-state index in [9.17, 15) is 14.9 Å². The van der Waals surface area contributed by atoms with E-state index in [2.05, 4.69) is 5.10 Å². The normalized spacial score (nSPS) is 19.5. The van der Waals surface area contributed by atoms with Crippen molar-refractivity contribution in [2.75, 3.05) is 12.4 Å². The summed E-state index contributed by atoms with van der Waals surface area (Å²) in [5, 5.41) is 15.3. The molecule has 8 nitrogen and oxygen atoms in total. The van der Waals surface area contributed by atoms with E-state index in [1.165, 1.54) is 18.3 Å². The summed E-state index contributed by atoms with van der Waals surface area (Å²) >= 11 is 5.54. The molecule has 9 heteroatoms. The number of ether oxygens (including phenoxy) is 1. The molecule has 0 unspecified atom stereocenters. The van der Waals surface area contributed by atoms with Gasteiger partial charge in [0.1, 0.15) is 11.0 Å². The second-order valence-electron chi connectivity index (χ2n) is 3.42. The van der Waals surface area contributed by atoms with Gasteiger partial charge in [0.2, 0.25) is 0 Å². The Morgan fingerprint density at radius 2 is 2.44 bits per heavy atom. The van der Waals surface area contributed by atoms with Crippen molar-refractivity contribution in [3.05, 3.63) is 28.0 Å². The standard InChI is InChI=1S/C9H8ClN3O5/c10-3-7-5-12(9(14)18-7)11-4-6-1-2-8(17-6)13(15)16/h1-2,4,7H,3,5H2/b11-4+/t7-/m1/s1. The van der Waals surface area contributed by atoms with Crippen LogP contribution >= 0.6 is 11.6 Å². The molecular formula is C9H8ClN3O5. The Morgan fingerprint density at radius 1 is 1.67 bits per heavy atom. The first-order chi connectivity index (χ1) is 8.60. The van der Waals surface area contributed by atoms with Crippen molar-refractivity contribution in [2.24, 2.45) is 5.10 Å².